The number of nitriles is 1. The van der Waals surface area contributed by atoms with Gasteiger partial charge in [-0.2, -0.15) is 5.26 Å². The number of nitrogens with zero attached hydrogens (tertiary/aromatic N) is 3. The molecule has 0 saturated carbocycles. The van der Waals surface area contributed by atoms with Gasteiger partial charge in [0.2, 0.25) is 0 Å². The molecular formula is C18H11N3O. The quantitative estimate of drug-likeness (QED) is 0.645. The van der Waals surface area contributed by atoms with Crippen LogP contribution in [0.3, 0.4) is 0 Å². The van der Waals surface area contributed by atoms with Crippen molar-refractivity contribution in [3.8, 4) is 23.7 Å². The van der Waals surface area contributed by atoms with Gasteiger partial charge in [-0.1, -0.05) is 30.2 Å². The summed E-state index contributed by atoms with van der Waals surface area (Å²) in [4.78, 5) is 8.71. The molecule has 0 saturated heterocycles. The van der Waals surface area contributed by atoms with Crippen molar-refractivity contribution in [2.45, 2.75) is 0 Å². The molecule has 2 aromatic carbocycles. The minimum atomic E-state index is 0.223. The Labute approximate surface area is 128 Å². The standard InChI is InChI=1S/C18H11N3O/c1-22-18-9-5-2-6-13(18)10-11-16-17(12-19)21-15-8-4-3-7-14(15)20-16/h2-9H,1H3. The molecule has 0 amide bonds. The van der Waals surface area contributed by atoms with Gasteiger partial charge in [0.1, 0.15) is 11.8 Å². The Balaban J connectivity index is 2.12. The number of methoxy groups -OCH3 is 1. The summed E-state index contributed by atoms with van der Waals surface area (Å²) in [6.07, 6.45) is 0. The predicted molar refractivity (Wildman–Crippen MR) is 83.2 cm³/mol. The summed E-state index contributed by atoms with van der Waals surface area (Å²) < 4.78 is 5.26. The van der Waals surface area contributed by atoms with Crippen molar-refractivity contribution >= 4 is 11.0 Å². The molecule has 4 heteroatoms. The van der Waals surface area contributed by atoms with E-state index in [0.717, 1.165) is 5.56 Å². The van der Waals surface area contributed by atoms with E-state index in [1.807, 2.05) is 54.6 Å². The Morgan fingerprint density at radius 2 is 1.50 bits per heavy atom. The first kappa shape index (κ1) is 13.6. The molecular weight excluding hydrogens is 274 g/mol. The number of rotatable bonds is 1. The fourth-order valence-corrected chi connectivity index (χ4v) is 2.04. The summed E-state index contributed by atoms with van der Waals surface area (Å²) in [7, 11) is 1.59. The smallest absolute Gasteiger partial charge is 0.175 e. The highest BCUT2D eigenvalue weighted by atomic mass is 16.5. The Morgan fingerprint density at radius 3 is 2.18 bits per heavy atom. The first-order valence-corrected chi connectivity index (χ1v) is 6.64. The van der Waals surface area contributed by atoms with Gasteiger partial charge in [-0.25, -0.2) is 9.97 Å². The molecule has 3 aromatic rings. The van der Waals surface area contributed by atoms with E-state index in [4.69, 9.17) is 4.74 Å². The Morgan fingerprint density at radius 1 is 0.864 bits per heavy atom. The number of hydrogen-bond donors (Lipinski definition) is 0. The molecule has 22 heavy (non-hydrogen) atoms. The molecule has 0 bridgehead atoms. The second kappa shape index (κ2) is 5.95. The molecule has 0 aliphatic rings. The average Bonchev–Trinajstić information content (AvgIpc) is 2.59. The molecule has 104 valence electrons. The van der Waals surface area contributed by atoms with E-state index in [1.54, 1.807) is 7.11 Å². The maximum Gasteiger partial charge on any atom is 0.175 e. The fourth-order valence-electron chi connectivity index (χ4n) is 2.04. The zero-order chi connectivity index (χ0) is 15.4. The van der Waals surface area contributed by atoms with Crippen LogP contribution < -0.4 is 4.74 Å². The molecule has 0 N–H and O–H groups in total. The third-order valence-corrected chi connectivity index (χ3v) is 3.10. The lowest BCUT2D eigenvalue weighted by atomic mass is 10.2. The number of benzene rings is 2. The molecule has 0 radical (unpaired) electrons. The van der Waals surface area contributed by atoms with Crippen molar-refractivity contribution in [2.24, 2.45) is 0 Å². The van der Waals surface area contributed by atoms with Crippen molar-refractivity contribution in [3.63, 3.8) is 0 Å². The number of ether oxygens (including phenoxy) is 1. The van der Waals surface area contributed by atoms with E-state index in [0.29, 0.717) is 22.5 Å². The van der Waals surface area contributed by atoms with Gasteiger partial charge < -0.3 is 4.74 Å². The van der Waals surface area contributed by atoms with Gasteiger partial charge in [-0.15, -0.1) is 0 Å². The number of hydrogen-bond acceptors (Lipinski definition) is 4. The Kier molecular flexibility index (Phi) is 3.68. The third kappa shape index (κ3) is 2.59. The molecule has 1 aromatic heterocycles. The number of fused-ring (bicyclic) bond motifs is 1. The normalized spacial score (nSPS) is 9.64. The summed E-state index contributed by atoms with van der Waals surface area (Å²) >= 11 is 0. The van der Waals surface area contributed by atoms with Gasteiger partial charge >= 0.3 is 0 Å². The van der Waals surface area contributed by atoms with Crippen LogP contribution in [0.15, 0.2) is 48.5 Å². The summed E-state index contributed by atoms with van der Waals surface area (Å²) in [5.41, 5.74) is 2.73. The van der Waals surface area contributed by atoms with Gasteiger partial charge in [0.05, 0.1) is 23.7 Å². The van der Waals surface area contributed by atoms with Crippen LogP contribution in [0.1, 0.15) is 17.0 Å². The van der Waals surface area contributed by atoms with Gasteiger partial charge in [-0.05, 0) is 30.2 Å². The molecule has 4 nitrogen and oxygen atoms in total. The molecule has 0 atom stereocenters. The van der Waals surface area contributed by atoms with Crippen LogP contribution in [0.5, 0.6) is 5.75 Å². The predicted octanol–water partition coefficient (Wildman–Crippen LogP) is 2.91. The van der Waals surface area contributed by atoms with Crippen LogP contribution in [-0.2, 0) is 0 Å². The van der Waals surface area contributed by atoms with Crippen LogP contribution in [0.2, 0.25) is 0 Å². The second-order valence-corrected chi connectivity index (χ2v) is 4.47. The SMILES string of the molecule is COc1ccccc1C#Cc1nc2ccccc2nc1C#N. The third-order valence-electron chi connectivity index (χ3n) is 3.10. The van der Waals surface area contributed by atoms with Crippen molar-refractivity contribution in [2.75, 3.05) is 7.11 Å². The summed E-state index contributed by atoms with van der Waals surface area (Å²) in [6.45, 7) is 0. The average molecular weight is 285 g/mol. The first-order valence-electron chi connectivity index (χ1n) is 6.64. The molecule has 0 fully saturated rings. The highest BCUT2D eigenvalue weighted by Crippen LogP contribution is 2.16. The Hall–Kier alpha value is -3.37. The van der Waals surface area contributed by atoms with E-state index in [1.165, 1.54) is 0 Å². The van der Waals surface area contributed by atoms with Gasteiger partial charge in [0.25, 0.3) is 0 Å². The number of para-hydroxylation sites is 3. The van der Waals surface area contributed by atoms with Crippen LogP contribution in [-0.4, -0.2) is 17.1 Å². The van der Waals surface area contributed by atoms with Crippen molar-refractivity contribution in [1.82, 2.24) is 9.97 Å². The minimum Gasteiger partial charge on any atom is -0.495 e. The lowest BCUT2D eigenvalue weighted by molar-refractivity contribution is 0.413. The van der Waals surface area contributed by atoms with Crippen molar-refractivity contribution in [3.05, 3.63) is 65.5 Å². The molecule has 0 unspecified atom stereocenters. The zero-order valence-electron chi connectivity index (χ0n) is 11.9. The summed E-state index contributed by atoms with van der Waals surface area (Å²) in [6, 6.07) is 16.9. The molecule has 0 spiro atoms. The van der Waals surface area contributed by atoms with Crippen molar-refractivity contribution in [1.29, 1.82) is 5.26 Å². The maximum absolute atomic E-state index is 9.23. The lowest BCUT2D eigenvalue weighted by Crippen LogP contribution is -1.95. The fraction of sp³-hybridized carbons (Fsp3) is 0.0556. The first-order chi connectivity index (χ1) is 10.8. The van der Waals surface area contributed by atoms with Crippen molar-refractivity contribution < 1.29 is 4.74 Å². The van der Waals surface area contributed by atoms with E-state index in [9.17, 15) is 5.26 Å². The lowest BCUT2D eigenvalue weighted by Gasteiger charge is -2.01. The van der Waals surface area contributed by atoms with Crippen LogP contribution in [0.25, 0.3) is 11.0 Å². The summed E-state index contributed by atoms with van der Waals surface area (Å²) in [5.74, 6) is 6.60. The molecule has 1 heterocycles. The monoisotopic (exact) mass is 285 g/mol. The highest BCUT2D eigenvalue weighted by molar-refractivity contribution is 5.75. The van der Waals surface area contributed by atoms with E-state index < -0.39 is 0 Å². The Bertz CT molecular complexity index is 946. The van der Waals surface area contributed by atoms with E-state index in [-0.39, 0.29) is 5.69 Å². The van der Waals surface area contributed by atoms with Crippen LogP contribution in [0, 0.1) is 23.2 Å². The van der Waals surface area contributed by atoms with Gasteiger partial charge in [0.15, 0.2) is 11.4 Å². The minimum absolute atomic E-state index is 0.223. The highest BCUT2D eigenvalue weighted by Gasteiger charge is 2.06. The van der Waals surface area contributed by atoms with E-state index in [2.05, 4.69) is 21.8 Å². The van der Waals surface area contributed by atoms with Crippen LogP contribution >= 0.6 is 0 Å². The second-order valence-electron chi connectivity index (χ2n) is 4.47. The molecule has 3 rings (SSSR count). The zero-order valence-corrected chi connectivity index (χ0v) is 11.9. The van der Waals surface area contributed by atoms with Crippen LogP contribution in [0.4, 0.5) is 0 Å². The maximum atomic E-state index is 9.23. The van der Waals surface area contributed by atoms with Gasteiger partial charge in [0, 0.05) is 0 Å². The topological polar surface area (TPSA) is 58.8 Å². The summed E-state index contributed by atoms with van der Waals surface area (Å²) in [5, 5.41) is 9.23. The van der Waals surface area contributed by atoms with Gasteiger partial charge in [-0.3, -0.25) is 0 Å². The number of aromatic nitrogens is 2. The largest absolute Gasteiger partial charge is 0.495 e. The van der Waals surface area contributed by atoms with E-state index >= 15 is 0 Å². The molecule has 0 aliphatic heterocycles. The molecule has 0 aliphatic carbocycles.